The van der Waals surface area contributed by atoms with Crippen LogP contribution in [0, 0.1) is 0 Å². The quantitative estimate of drug-likeness (QED) is 0.701. The lowest BCUT2D eigenvalue weighted by Crippen LogP contribution is -2.35. The molecule has 1 aliphatic heterocycles. The third kappa shape index (κ3) is 2.96. The zero-order valence-corrected chi connectivity index (χ0v) is 13.7. The number of likely N-dealkylation sites (tertiary alicyclic amines) is 1. The molecule has 0 saturated carbocycles. The average molecular weight is 327 g/mol. The first-order chi connectivity index (χ1) is 11.8. The lowest BCUT2D eigenvalue weighted by Gasteiger charge is -2.31. The van der Waals surface area contributed by atoms with Crippen molar-refractivity contribution in [3.63, 3.8) is 0 Å². The molecule has 4 rings (SSSR count). The summed E-state index contributed by atoms with van der Waals surface area (Å²) in [5.74, 6) is 1.92. The van der Waals surface area contributed by atoms with Gasteiger partial charge in [-0.3, -0.25) is 0 Å². The summed E-state index contributed by atoms with van der Waals surface area (Å²) in [4.78, 5) is 6.58. The number of hydrogen-bond acceptors (Lipinski definition) is 6. The van der Waals surface area contributed by atoms with Crippen LogP contribution in [0.25, 0.3) is 5.65 Å². The van der Waals surface area contributed by atoms with E-state index in [1.807, 2.05) is 35.4 Å². The topological polar surface area (TPSA) is 73.4 Å². The summed E-state index contributed by atoms with van der Waals surface area (Å²) >= 11 is 0. The Morgan fingerprint density at radius 3 is 2.79 bits per heavy atom. The van der Waals surface area contributed by atoms with Crippen LogP contribution in [0.2, 0.25) is 0 Å². The minimum absolute atomic E-state index is 0.393. The highest BCUT2D eigenvalue weighted by Crippen LogP contribution is 2.27. The molecule has 3 aromatic rings. The van der Waals surface area contributed by atoms with Crippen molar-refractivity contribution in [3.8, 4) is 5.88 Å². The molecular formula is C16H21N7O. The standard InChI is InChI=1S/C16H21N7O/c1-24-15-3-2-14-18-19-16(23(14)20-15)13-4-7-21(8-5-13)10-11-22-9-6-17-12-22/h2-3,6,9,12-13H,4-5,7-8,10-11H2,1H3. The number of piperidine rings is 1. The summed E-state index contributed by atoms with van der Waals surface area (Å²) in [5.41, 5.74) is 0.772. The second kappa shape index (κ2) is 6.56. The third-order valence-electron chi connectivity index (χ3n) is 4.66. The van der Waals surface area contributed by atoms with Crippen molar-refractivity contribution < 1.29 is 4.74 Å². The van der Waals surface area contributed by atoms with E-state index in [1.165, 1.54) is 0 Å². The minimum Gasteiger partial charge on any atom is -0.480 e. The van der Waals surface area contributed by atoms with E-state index in [-0.39, 0.29) is 0 Å². The van der Waals surface area contributed by atoms with E-state index in [2.05, 4.69) is 29.7 Å². The number of imidazole rings is 1. The monoisotopic (exact) mass is 327 g/mol. The van der Waals surface area contributed by atoms with Crippen LogP contribution >= 0.6 is 0 Å². The van der Waals surface area contributed by atoms with Gasteiger partial charge in [0.2, 0.25) is 5.88 Å². The Bertz CT molecular complexity index is 790. The Morgan fingerprint density at radius 2 is 2.04 bits per heavy atom. The molecule has 1 fully saturated rings. The van der Waals surface area contributed by atoms with Crippen molar-refractivity contribution in [2.45, 2.75) is 25.3 Å². The van der Waals surface area contributed by atoms with Gasteiger partial charge in [-0.2, -0.15) is 4.52 Å². The Balaban J connectivity index is 1.40. The molecule has 4 heterocycles. The molecule has 0 amide bonds. The highest BCUT2D eigenvalue weighted by atomic mass is 16.5. The minimum atomic E-state index is 0.393. The molecule has 0 aromatic carbocycles. The molecule has 24 heavy (non-hydrogen) atoms. The predicted octanol–water partition coefficient (Wildman–Crippen LogP) is 1.21. The molecule has 0 spiro atoms. The van der Waals surface area contributed by atoms with Gasteiger partial charge in [0.1, 0.15) is 0 Å². The summed E-state index contributed by atoms with van der Waals surface area (Å²) in [6.45, 7) is 4.17. The molecule has 3 aromatic heterocycles. The lowest BCUT2D eigenvalue weighted by atomic mass is 9.96. The fourth-order valence-electron chi connectivity index (χ4n) is 3.24. The molecule has 0 atom stereocenters. The maximum atomic E-state index is 5.22. The molecule has 126 valence electrons. The fraction of sp³-hybridized carbons (Fsp3) is 0.500. The van der Waals surface area contributed by atoms with Crippen LogP contribution in [0.3, 0.4) is 0 Å². The SMILES string of the molecule is COc1ccc2nnc(C3CCN(CCn4ccnc4)CC3)n2n1. The molecule has 8 heteroatoms. The maximum Gasteiger partial charge on any atom is 0.231 e. The third-order valence-corrected chi connectivity index (χ3v) is 4.66. The molecule has 0 N–H and O–H groups in total. The zero-order chi connectivity index (χ0) is 16.4. The first-order valence-corrected chi connectivity index (χ1v) is 8.28. The zero-order valence-electron chi connectivity index (χ0n) is 13.7. The van der Waals surface area contributed by atoms with Crippen molar-refractivity contribution in [1.29, 1.82) is 0 Å². The predicted molar refractivity (Wildman–Crippen MR) is 88.0 cm³/mol. The molecule has 0 aliphatic carbocycles. The summed E-state index contributed by atoms with van der Waals surface area (Å²) in [6, 6.07) is 3.70. The second-order valence-corrected chi connectivity index (χ2v) is 6.12. The number of methoxy groups -OCH3 is 1. The Kier molecular flexibility index (Phi) is 4.12. The van der Waals surface area contributed by atoms with Crippen LogP contribution in [-0.2, 0) is 6.54 Å². The first kappa shape index (κ1) is 15.1. The highest BCUT2D eigenvalue weighted by Gasteiger charge is 2.25. The smallest absolute Gasteiger partial charge is 0.231 e. The van der Waals surface area contributed by atoms with E-state index in [0.29, 0.717) is 11.8 Å². The van der Waals surface area contributed by atoms with Crippen LogP contribution in [0.1, 0.15) is 24.6 Å². The molecule has 0 bridgehead atoms. The van der Waals surface area contributed by atoms with Gasteiger partial charge in [0.05, 0.1) is 13.4 Å². The van der Waals surface area contributed by atoms with Gasteiger partial charge >= 0.3 is 0 Å². The van der Waals surface area contributed by atoms with E-state index in [0.717, 1.165) is 50.5 Å². The highest BCUT2D eigenvalue weighted by molar-refractivity contribution is 5.38. The van der Waals surface area contributed by atoms with Crippen LogP contribution in [0.4, 0.5) is 0 Å². The van der Waals surface area contributed by atoms with Gasteiger partial charge in [0.15, 0.2) is 11.5 Å². The summed E-state index contributed by atoms with van der Waals surface area (Å²) < 4.78 is 9.16. The molecule has 1 saturated heterocycles. The van der Waals surface area contributed by atoms with E-state index in [9.17, 15) is 0 Å². The molecule has 1 aliphatic rings. The molecular weight excluding hydrogens is 306 g/mol. The van der Waals surface area contributed by atoms with Gasteiger partial charge in [-0.1, -0.05) is 0 Å². The number of ether oxygens (including phenoxy) is 1. The Morgan fingerprint density at radius 1 is 1.17 bits per heavy atom. The number of aromatic nitrogens is 6. The van der Waals surface area contributed by atoms with Gasteiger partial charge in [-0.15, -0.1) is 15.3 Å². The Hall–Kier alpha value is -2.48. The van der Waals surface area contributed by atoms with Crippen molar-refractivity contribution >= 4 is 5.65 Å². The number of nitrogens with zero attached hydrogens (tertiary/aromatic N) is 7. The average Bonchev–Trinajstić information content (AvgIpc) is 3.29. The van der Waals surface area contributed by atoms with E-state index >= 15 is 0 Å². The summed E-state index contributed by atoms with van der Waals surface area (Å²) in [6.07, 6.45) is 7.85. The second-order valence-electron chi connectivity index (χ2n) is 6.12. The molecule has 8 nitrogen and oxygen atoms in total. The normalized spacial score (nSPS) is 16.7. The van der Waals surface area contributed by atoms with Gasteiger partial charge in [0.25, 0.3) is 0 Å². The first-order valence-electron chi connectivity index (χ1n) is 8.28. The van der Waals surface area contributed by atoms with Gasteiger partial charge in [-0.25, -0.2) is 4.98 Å². The summed E-state index contributed by atoms with van der Waals surface area (Å²) in [5, 5.41) is 13.1. The van der Waals surface area contributed by atoms with Crippen molar-refractivity contribution in [2.24, 2.45) is 0 Å². The number of fused-ring (bicyclic) bond motifs is 1. The van der Waals surface area contributed by atoms with Gasteiger partial charge < -0.3 is 14.2 Å². The number of rotatable bonds is 5. The van der Waals surface area contributed by atoms with Crippen molar-refractivity contribution in [1.82, 2.24) is 34.3 Å². The maximum absolute atomic E-state index is 5.22. The Labute approximate surface area is 140 Å². The van der Waals surface area contributed by atoms with Crippen molar-refractivity contribution in [3.05, 3.63) is 36.7 Å². The van der Waals surface area contributed by atoms with Crippen LogP contribution in [0.15, 0.2) is 30.9 Å². The van der Waals surface area contributed by atoms with E-state index < -0.39 is 0 Å². The van der Waals surface area contributed by atoms with Gasteiger partial charge in [-0.05, 0) is 32.0 Å². The fourth-order valence-corrected chi connectivity index (χ4v) is 3.24. The largest absolute Gasteiger partial charge is 0.480 e. The van der Waals surface area contributed by atoms with Crippen LogP contribution in [-0.4, -0.2) is 61.0 Å². The van der Waals surface area contributed by atoms with Gasteiger partial charge in [0, 0.05) is 37.5 Å². The van der Waals surface area contributed by atoms with Crippen LogP contribution < -0.4 is 4.74 Å². The number of hydrogen-bond donors (Lipinski definition) is 0. The molecule has 0 unspecified atom stereocenters. The van der Waals surface area contributed by atoms with E-state index in [4.69, 9.17) is 4.74 Å². The van der Waals surface area contributed by atoms with E-state index in [1.54, 1.807) is 7.11 Å². The summed E-state index contributed by atoms with van der Waals surface area (Å²) in [7, 11) is 1.62. The molecule has 0 radical (unpaired) electrons. The van der Waals surface area contributed by atoms with Crippen molar-refractivity contribution in [2.75, 3.05) is 26.7 Å². The lowest BCUT2D eigenvalue weighted by molar-refractivity contribution is 0.201. The van der Waals surface area contributed by atoms with Crippen LogP contribution in [0.5, 0.6) is 5.88 Å².